The van der Waals surface area contributed by atoms with E-state index in [9.17, 15) is 0 Å². The van der Waals surface area contributed by atoms with Crippen molar-refractivity contribution in [1.82, 2.24) is 4.98 Å². The number of aromatic nitrogens is 1. The van der Waals surface area contributed by atoms with Crippen LogP contribution in [0.25, 0.3) is 0 Å². The van der Waals surface area contributed by atoms with Crippen LogP contribution < -0.4 is 10.1 Å². The standard InChI is InChI=1S/C14H15BrN2O/c1-9-4-5-13(18-3)12(6-9)17-14-10(2)7-11(15)8-16-14/h4-8H,1-3H3,(H,16,17). The van der Waals surface area contributed by atoms with Gasteiger partial charge in [-0.2, -0.15) is 0 Å². The molecule has 0 amide bonds. The Morgan fingerprint density at radius 3 is 2.67 bits per heavy atom. The number of benzene rings is 1. The predicted octanol–water partition coefficient (Wildman–Crippen LogP) is 4.21. The van der Waals surface area contributed by atoms with Gasteiger partial charge in [-0.05, 0) is 59.1 Å². The zero-order chi connectivity index (χ0) is 13.1. The minimum Gasteiger partial charge on any atom is -0.495 e. The maximum absolute atomic E-state index is 5.34. The first-order valence-corrected chi connectivity index (χ1v) is 6.43. The summed E-state index contributed by atoms with van der Waals surface area (Å²) in [6.07, 6.45) is 1.78. The van der Waals surface area contributed by atoms with Crippen LogP contribution in [0.5, 0.6) is 5.75 Å². The van der Waals surface area contributed by atoms with Gasteiger partial charge in [-0.1, -0.05) is 6.07 Å². The second kappa shape index (κ2) is 5.40. The number of hydrogen-bond acceptors (Lipinski definition) is 3. The maximum atomic E-state index is 5.34. The van der Waals surface area contributed by atoms with Crippen molar-refractivity contribution in [1.29, 1.82) is 0 Å². The topological polar surface area (TPSA) is 34.1 Å². The van der Waals surface area contributed by atoms with E-state index in [0.717, 1.165) is 27.3 Å². The molecule has 94 valence electrons. The fourth-order valence-corrected chi connectivity index (χ4v) is 2.16. The maximum Gasteiger partial charge on any atom is 0.142 e. The largest absolute Gasteiger partial charge is 0.495 e. The lowest BCUT2D eigenvalue weighted by Gasteiger charge is -2.13. The van der Waals surface area contributed by atoms with E-state index >= 15 is 0 Å². The molecule has 1 aromatic carbocycles. The molecule has 0 bridgehead atoms. The molecule has 0 aliphatic rings. The average Bonchev–Trinajstić information content (AvgIpc) is 2.33. The number of nitrogens with zero attached hydrogens (tertiary/aromatic N) is 1. The highest BCUT2D eigenvalue weighted by Gasteiger charge is 2.06. The summed E-state index contributed by atoms with van der Waals surface area (Å²) in [6, 6.07) is 8.04. The summed E-state index contributed by atoms with van der Waals surface area (Å²) in [6.45, 7) is 4.06. The summed E-state index contributed by atoms with van der Waals surface area (Å²) in [5.41, 5.74) is 3.18. The fourth-order valence-electron chi connectivity index (χ4n) is 1.72. The third-order valence-electron chi connectivity index (χ3n) is 2.65. The summed E-state index contributed by atoms with van der Waals surface area (Å²) in [5.74, 6) is 1.65. The smallest absolute Gasteiger partial charge is 0.142 e. The van der Waals surface area contributed by atoms with Crippen molar-refractivity contribution in [3.05, 3.63) is 46.1 Å². The molecule has 1 aromatic heterocycles. The Bertz CT molecular complexity index is 570. The first-order valence-electron chi connectivity index (χ1n) is 5.64. The molecule has 0 saturated carbocycles. The molecule has 0 aliphatic carbocycles. The van der Waals surface area contributed by atoms with E-state index in [1.807, 2.05) is 38.1 Å². The number of hydrogen-bond donors (Lipinski definition) is 1. The second-order valence-corrected chi connectivity index (χ2v) is 5.06. The van der Waals surface area contributed by atoms with Crippen LogP contribution in [0, 0.1) is 13.8 Å². The molecule has 4 heteroatoms. The monoisotopic (exact) mass is 306 g/mol. The SMILES string of the molecule is COc1ccc(C)cc1Nc1ncc(Br)cc1C. The van der Waals surface area contributed by atoms with Crippen LogP contribution in [0.1, 0.15) is 11.1 Å². The van der Waals surface area contributed by atoms with Gasteiger partial charge in [-0.15, -0.1) is 0 Å². The summed E-state index contributed by atoms with van der Waals surface area (Å²) in [7, 11) is 1.66. The van der Waals surface area contributed by atoms with Crippen LogP contribution in [0.4, 0.5) is 11.5 Å². The lowest BCUT2D eigenvalue weighted by molar-refractivity contribution is 0.416. The first-order chi connectivity index (χ1) is 8.60. The zero-order valence-electron chi connectivity index (χ0n) is 10.6. The van der Waals surface area contributed by atoms with E-state index in [0.29, 0.717) is 0 Å². The highest BCUT2D eigenvalue weighted by molar-refractivity contribution is 9.10. The van der Waals surface area contributed by atoms with E-state index in [2.05, 4.69) is 26.2 Å². The molecule has 0 unspecified atom stereocenters. The van der Waals surface area contributed by atoms with E-state index in [1.165, 1.54) is 5.56 Å². The Morgan fingerprint density at radius 2 is 2.00 bits per heavy atom. The van der Waals surface area contributed by atoms with E-state index in [4.69, 9.17) is 4.74 Å². The number of ether oxygens (including phenoxy) is 1. The molecule has 2 rings (SSSR count). The predicted molar refractivity (Wildman–Crippen MR) is 77.7 cm³/mol. The Balaban J connectivity index is 2.36. The lowest BCUT2D eigenvalue weighted by atomic mass is 10.2. The van der Waals surface area contributed by atoms with Gasteiger partial charge in [0, 0.05) is 10.7 Å². The number of methoxy groups -OCH3 is 1. The Kier molecular flexibility index (Phi) is 3.87. The van der Waals surface area contributed by atoms with Crippen LogP contribution in [0.3, 0.4) is 0 Å². The fraction of sp³-hybridized carbons (Fsp3) is 0.214. The molecule has 0 radical (unpaired) electrons. The molecule has 0 aliphatic heterocycles. The number of anilines is 2. The molecule has 1 heterocycles. The quantitative estimate of drug-likeness (QED) is 0.922. The van der Waals surface area contributed by atoms with Gasteiger partial charge in [0.05, 0.1) is 12.8 Å². The number of rotatable bonds is 3. The molecular weight excluding hydrogens is 292 g/mol. The van der Waals surface area contributed by atoms with Gasteiger partial charge in [0.1, 0.15) is 11.6 Å². The molecule has 0 fully saturated rings. The van der Waals surface area contributed by atoms with Crippen LogP contribution in [-0.2, 0) is 0 Å². The van der Waals surface area contributed by atoms with Crippen molar-refractivity contribution in [3.63, 3.8) is 0 Å². The minimum atomic E-state index is 0.810. The Labute approximate surface area is 115 Å². The van der Waals surface area contributed by atoms with Crippen molar-refractivity contribution >= 4 is 27.4 Å². The molecular formula is C14H15BrN2O. The van der Waals surface area contributed by atoms with Gasteiger partial charge in [-0.3, -0.25) is 0 Å². The normalized spacial score (nSPS) is 10.2. The van der Waals surface area contributed by atoms with Gasteiger partial charge in [0.25, 0.3) is 0 Å². The average molecular weight is 307 g/mol. The molecule has 0 atom stereocenters. The Morgan fingerprint density at radius 1 is 1.22 bits per heavy atom. The van der Waals surface area contributed by atoms with Gasteiger partial charge >= 0.3 is 0 Å². The number of aryl methyl sites for hydroxylation is 2. The van der Waals surface area contributed by atoms with E-state index in [1.54, 1.807) is 13.3 Å². The highest BCUT2D eigenvalue weighted by atomic mass is 79.9. The van der Waals surface area contributed by atoms with Gasteiger partial charge in [-0.25, -0.2) is 4.98 Å². The Hall–Kier alpha value is -1.55. The van der Waals surface area contributed by atoms with Crippen LogP contribution in [-0.4, -0.2) is 12.1 Å². The van der Waals surface area contributed by atoms with Gasteiger partial charge in [0.2, 0.25) is 0 Å². The van der Waals surface area contributed by atoms with Crippen LogP contribution in [0.2, 0.25) is 0 Å². The summed E-state index contributed by atoms with van der Waals surface area (Å²) in [5, 5.41) is 3.30. The molecule has 3 nitrogen and oxygen atoms in total. The highest BCUT2D eigenvalue weighted by Crippen LogP contribution is 2.29. The molecule has 2 aromatic rings. The molecule has 0 spiro atoms. The third kappa shape index (κ3) is 2.82. The van der Waals surface area contributed by atoms with Gasteiger partial charge < -0.3 is 10.1 Å². The van der Waals surface area contributed by atoms with Crippen LogP contribution in [0.15, 0.2) is 34.9 Å². The molecule has 1 N–H and O–H groups in total. The van der Waals surface area contributed by atoms with E-state index < -0.39 is 0 Å². The first kappa shape index (κ1) is 12.9. The van der Waals surface area contributed by atoms with E-state index in [-0.39, 0.29) is 0 Å². The lowest BCUT2D eigenvalue weighted by Crippen LogP contribution is -1.99. The van der Waals surface area contributed by atoms with Crippen molar-refractivity contribution in [2.24, 2.45) is 0 Å². The second-order valence-electron chi connectivity index (χ2n) is 4.15. The summed E-state index contributed by atoms with van der Waals surface area (Å²) < 4.78 is 6.31. The number of pyridine rings is 1. The number of nitrogens with one attached hydrogen (secondary N) is 1. The minimum absolute atomic E-state index is 0.810. The zero-order valence-corrected chi connectivity index (χ0v) is 12.2. The number of halogens is 1. The van der Waals surface area contributed by atoms with Crippen molar-refractivity contribution in [2.45, 2.75) is 13.8 Å². The van der Waals surface area contributed by atoms with Gasteiger partial charge in [0.15, 0.2) is 0 Å². The van der Waals surface area contributed by atoms with Crippen molar-refractivity contribution in [2.75, 3.05) is 12.4 Å². The van der Waals surface area contributed by atoms with Crippen LogP contribution >= 0.6 is 15.9 Å². The summed E-state index contributed by atoms with van der Waals surface area (Å²) in [4.78, 5) is 4.36. The molecule has 0 saturated heterocycles. The third-order valence-corrected chi connectivity index (χ3v) is 3.09. The summed E-state index contributed by atoms with van der Waals surface area (Å²) >= 11 is 3.41. The van der Waals surface area contributed by atoms with Crippen molar-refractivity contribution in [3.8, 4) is 5.75 Å². The van der Waals surface area contributed by atoms with Crippen molar-refractivity contribution < 1.29 is 4.74 Å². The molecule has 18 heavy (non-hydrogen) atoms.